The maximum Gasteiger partial charge on any atom is 0.315 e. The van der Waals surface area contributed by atoms with Crippen LogP contribution in [0, 0.1) is 50.2 Å². The van der Waals surface area contributed by atoms with E-state index in [1.54, 1.807) is 13.8 Å². The highest BCUT2D eigenvalue weighted by molar-refractivity contribution is 5.79. The third-order valence-corrected chi connectivity index (χ3v) is 16.0. The summed E-state index contributed by atoms with van der Waals surface area (Å²) < 4.78 is 11.5. The SMILES string of the molecule is CC1(C=O)C(O)C(O)CC2(C)C1CCC1(C)C2CC=C2C3C(C(=O)OC4OC(CO)C(O)C(O)C4O)(CCC(C)(C)C3(C)O)CCC21C. The van der Waals surface area contributed by atoms with Crippen molar-refractivity contribution in [1.29, 1.82) is 0 Å². The Balaban J connectivity index is 1.42. The van der Waals surface area contributed by atoms with Gasteiger partial charge in [-0.15, -0.1) is 0 Å². The third-order valence-electron chi connectivity index (χ3n) is 16.0. The molecule has 11 heteroatoms. The van der Waals surface area contributed by atoms with Crippen LogP contribution in [0.3, 0.4) is 0 Å². The van der Waals surface area contributed by atoms with E-state index in [1.807, 2.05) is 13.8 Å². The average molecular weight is 679 g/mol. The monoisotopic (exact) mass is 678 g/mol. The quantitative estimate of drug-likeness (QED) is 0.131. The minimum absolute atomic E-state index is 0.0639. The van der Waals surface area contributed by atoms with E-state index in [-0.39, 0.29) is 17.3 Å². The summed E-state index contributed by atoms with van der Waals surface area (Å²) >= 11 is 0. The van der Waals surface area contributed by atoms with Crippen molar-refractivity contribution in [3.8, 4) is 0 Å². The molecular weight excluding hydrogens is 620 g/mol. The van der Waals surface area contributed by atoms with Gasteiger partial charge in [0.05, 0.1) is 35.2 Å². The number of hydrogen-bond donors (Lipinski definition) is 7. The van der Waals surface area contributed by atoms with Crippen molar-refractivity contribution in [2.24, 2.45) is 50.2 Å². The highest BCUT2D eigenvalue weighted by Gasteiger charge is 2.73. The molecule has 272 valence electrons. The summed E-state index contributed by atoms with van der Waals surface area (Å²) in [5.41, 5.74) is -4.39. The minimum atomic E-state index is -1.73. The van der Waals surface area contributed by atoms with Gasteiger partial charge in [-0.1, -0.05) is 53.2 Å². The lowest BCUT2D eigenvalue weighted by Gasteiger charge is -2.72. The molecule has 0 radical (unpaired) electrons. The predicted octanol–water partition coefficient (Wildman–Crippen LogP) is 2.00. The maximum absolute atomic E-state index is 14.6. The number of hydrogen-bond acceptors (Lipinski definition) is 11. The second-order valence-corrected chi connectivity index (χ2v) is 18.2. The molecule has 1 heterocycles. The van der Waals surface area contributed by atoms with Gasteiger partial charge in [0.2, 0.25) is 6.29 Å². The first-order chi connectivity index (χ1) is 22.1. The van der Waals surface area contributed by atoms with Gasteiger partial charge in [0.15, 0.2) is 0 Å². The summed E-state index contributed by atoms with van der Waals surface area (Å²) in [6.07, 6.45) is -2.55. The number of carbonyl (C=O) groups is 2. The molecule has 1 aliphatic heterocycles. The molecule has 11 nitrogen and oxygen atoms in total. The molecule has 6 aliphatic rings. The molecule has 7 N–H and O–H groups in total. The number of carbonyl (C=O) groups excluding carboxylic acids is 2. The molecule has 0 amide bonds. The zero-order chi connectivity index (χ0) is 35.6. The Morgan fingerprint density at radius 1 is 0.917 bits per heavy atom. The van der Waals surface area contributed by atoms with Gasteiger partial charge in [-0.05, 0) is 91.8 Å². The Bertz CT molecular complexity index is 1340. The van der Waals surface area contributed by atoms with E-state index < -0.39 is 94.1 Å². The maximum atomic E-state index is 14.6. The first-order valence-electron chi connectivity index (χ1n) is 17.9. The lowest BCUT2D eigenvalue weighted by atomic mass is 9.32. The zero-order valence-corrected chi connectivity index (χ0v) is 29.6. The van der Waals surface area contributed by atoms with Gasteiger partial charge in [0.25, 0.3) is 0 Å². The van der Waals surface area contributed by atoms with Crippen LogP contribution in [0.15, 0.2) is 11.6 Å². The van der Waals surface area contributed by atoms with E-state index in [9.17, 15) is 45.3 Å². The summed E-state index contributed by atoms with van der Waals surface area (Å²) in [6, 6.07) is 0. The van der Waals surface area contributed by atoms with Gasteiger partial charge in [0.1, 0.15) is 30.7 Å². The number of aliphatic hydroxyl groups excluding tert-OH is 6. The highest BCUT2D eigenvalue weighted by atomic mass is 16.7. The van der Waals surface area contributed by atoms with Gasteiger partial charge >= 0.3 is 5.97 Å². The van der Waals surface area contributed by atoms with Gasteiger partial charge < -0.3 is 50.0 Å². The molecular formula is C37H58O11. The minimum Gasteiger partial charge on any atom is -0.432 e. The van der Waals surface area contributed by atoms with Crippen molar-refractivity contribution in [1.82, 2.24) is 0 Å². The van der Waals surface area contributed by atoms with Crippen molar-refractivity contribution in [2.75, 3.05) is 6.61 Å². The van der Waals surface area contributed by atoms with Crippen LogP contribution in [0.1, 0.15) is 99.8 Å². The van der Waals surface area contributed by atoms with E-state index in [0.29, 0.717) is 44.9 Å². The van der Waals surface area contributed by atoms with Crippen molar-refractivity contribution < 1.29 is 54.8 Å². The van der Waals surface area contributed by atoms with Gasteiger partial charge in [0, 0.05) is 5.92 Å². The normalized spacial score (nSPS) is 56.0. The Labute approximate surface area is 283 Å². The highest BCUT2D eigenvalue weighted by Crippen LogP contribution is 2.76. The molecule has 0 spiro atoms. The number of aldehydes is 1. The second kappa shape index (κ2) is 11.3. The van der Waals surface area contributed by atoms with E-state index in [0.717, 1.165) is 18.3 Å². The van der Waals surface area contributed by atoms with Crippen LogP contribution in [0.2, 0.25) is 0 Å². The van der Waals surface area contributed by atoms with Crippen molar-refractivity contribution in [3.63, 3.8) is 0 Å². The van der Waals surface area contributed by atoms with Gasteiger partial charge in [-0.2, -0.15) is 0 Å². The second-order valence-electron chi connectivity index (χ2n) is 18.2. The van der Waals surface area contributed by atoms with E-state index in [1.165, 1.54) is 0 Å². The molecule has 5 aliphatic carbocycles. The fourth-order valence-electron chi connectivity index (χ4n) is 12.3. The summed E-state index contributed by atoms with van der Waals surface area (Å²) in [5.74, 6) is -1.35. The molecule has 0 aromatic carbocycles. The van der Waals surface area contributed by atoms with E-state index >= 15 is 0 Å². The van der Waals surface area contributed by atoms with Crippen LogP contribution in [0.5, 0.6) is 0 Å². The Morgan fingerprint density at radius 3 is 2.19 bits per heavy atom. The Kier molecular flexibility index (Phi) is 8.54. The molecule has 0 aromatic heterocycles. The molecule has 48 heavy (non-hydrogen) atoms. The van der Waals surface area contributed by atoms with Gasteiger partial charge in [-0.3, -0.25) is 4.79 Å². The number of fused-ring (bicyclic) bond motifs is 7. The summed E-state index contributed by atoms with van der Waals surface area (Å²) in [6.45, 7) is 13.7. The third kappa shape index (κ3) is 4.47. The first-order valence-corrected chi connectivity index (χ1v) is 17.9. The van der Waals surface area contributed by atoms with Crippen LogP contribution in [-0.4, -0.2) is 103 Å². The van der Waals surface area contributed by atoms with Crippen molar-refractivity contribution in [2.45, 2.75) is 148 Å². The van der Waals surface area contributed by atoms with Crippen LogP contribution in [0.25, 0.3) is 0 Å². The number of esters is 1. The van der Waals surface area contributed by atoms with E-state index in [2.05, 4.69) is 26.8 Å². The smallest absolute Gasteiger partial charge is 0.315 e. The molecule has 1 saturated heterocycles. The zero-order valence-electron chi connectivity index (χ0n) is 29.6. The largest absolute Gasteiger partial charge is 0.432 e. The molecule has 16 unspecified atom stereocenters. The van der Waals surface area contributed by atoms with Crippen molar-refractivity contribution in [3.05, 3.63) is 11.6 Å². The molecule has 16 atom stereocenters. The fourth-order valence-corrected chi connectivity index (χ4v) is 12.3. The summed E-state index contributed by atoms with van der Waals surface area (Å²) in [7, 11) is 0. The Hall–Kier alpha value is -1.44. The lowest BCUT2D eigenvalue weighted by molar-refractivity contribution is -0.300. The van der Waals surface area contributed by atoms with Gasteiger partial charge in [-0.25, -0.2) is 0 Å². The number of ether oxygens (including phenoxy) is 2. The first kappa shape index (κ1) is 36.4. The van der Waals surface area contributed by atoms with Crippen molar-refractivity contribution >= 4 is 12.3 Å². The van der Waals surface area contributed by atoms with Crippen LogP contribution < -0.4 is 0 Å². The number of rotatable bonds is 4. The number of allylic oxidation sites excluding steroid dienone is 1. The van der Waals surface area contributed by atoms with Crippen LogP contribution >= 0.6 is 0 Å². The lowest BCUT2D eigenvalue weighted by Crippen LogP contribution is -2.70. The fraction of sp³-hybridized carbons (Fsp3) is 0.892. The molecule has 6 rings (SSSR count). The molecule has 4 saturated carbocycles. The summed E-state index contributed by atoms with van der Waals surface area (Å²) in [5, 5.41) is 75.9. The van der Waals surface area contributed by atoms with Crippen LogP contribution in [-0.2, 0) is 19.1 Å². The predicted molar refractivity (Wildman–Crippen MR) is 173 cm³/mol. The number of aliphatic hydroxyl groups is 7. The molecule has 5 fully saturated rings. The molecule has 0 bridgehead atoms. The standard InChI is InChI=1S/C37H58O11/c1-31(2)12-14-37(30(45)48-29-26(43)25(42)24(41)21(17-38)47-29)15-13-34(5)19(27(37)36(31,7)46)8-9-23-32(3)16-20(40)28(44)33(4,18-39)22(32)10-11-35(23,34)6/h8,18,20-29,38,40-44,46H,9-17H2,1-7H3. The van der Waals surface area contributed by atoms with Crippen LogP contribution in [0.4, 0.5) is 0 Å². The average Bonchev–Trinajstić information content (AvgIpc) is 3.02. The Morgan fingerprint density at radius 2 is 1.56 bits per heavy atom. The van der Waals surface area contributed by atoms with E-state index in [4.69, 9.17) is 9.47 Å². The molecule has 0 aromatic rings. The topological polar surface area (TPSA) is 194 Å². The summed E-state index contributed by atoms with van der Waals surface area (Å²) in [4.78, 5) is 27.1.